The fourth-order valence-electron chi connectivity index (χ4n) is 7.63. The van der Waals surface area contributed by atoms with Crippen LogP contribution in [0, 0.1) is 40.4 Å². The number of nitrogens with two attached hydrogens (primary N) is 1. The zero-order valence-electron chi connectivity index (χ0n) is 18.0. The Morgan fingerprint density at radius 3 is 2.69 bits per heavy atom. The molecule has 4 aliphatic carbocycles. The Balaban J connectivity index is 1.60. The van der Waals surface area contributed by atoms with Crippen LogP contribution >= 0.6 is 0 Å². The van der Waals surface area contributed by atoms with Gasteiger partial charge < -0.3 is 20.8 Å². The zero-order valence-corrected chi connectivity index (χ0v) is 18.0. The molecule has 0 saturated heterocycles. The van der Waals surface area contributed by atoms with Gasteiger partial charge in [0, 0.05) is 24.4 Å². The summed E-state index contributed by atoms with van der Waals surface area (Å²) in [6.45, 7) is 5.62. The summed E-state index contributed by atoms with van der Waals surface area (Å²) >= 11 is 0. The molecular weight excluding hydrogens is 368 g/mol. The maximum absolute atomic E-state index is 12.6. The molecular formula is C23H38N2O4. The minimum atomic E-state index is -0.545. The van der Waals surface area contributed by atoms with Crippen LogP contribution in [0.25, 0.3) is 0 Å². The number of carbonyl (C=O) groups is 1. The van der Waals surface area contributed by atoms with E-state index in [1.165, 1.54) is 0 Å². The third-order valence-electron chi connectivity index (χ3n) is 9.34. The lowest BCUT2D eigenvalue weighted by atomic mass is 9.42. The van der Waals surface area contributed by atoms with Gasteiger partial charge in [-0.1, -0.05) is 19.0 Å². The van der Waals surface area contributed by atoms with Crippen LogP contribution < -0.4 is 5.73 Å². The SMILES string of the molecule is C[C@]12CCC(=NOCCCN)CC1C(CO)C(O)[C@@H]1[C@H]2CC[C@]2(C)C(=O)CC[C@@H]12. The first-order valence-electron chi connectivity index (χ1n) is 11.6. The number of ketones is 1. The van der Waals surface area contributed by atoms with E-state index in [-0.39, 0.29) is 41.1 Å². The number of aliphatic hydroxyl groups excluding tert-OH is 2. The van der Waals surface area contributed by atoms with Crippen molar-refractivity contribution in [3.63, 3.8) is 0 Å². The third kappa shape index (κ3) is 3.26. The van der Waals surface area contributed by atoms with Crippen LogP contribution in [-0.2, 0) is 9.63 Å². The number of oxime groups is 1. The second kappa shape index (κ2) is 7.93. The van der Waals surface area contributed by atoms with Crippen LogP contribution in [0.4, 0.5) is 0 Å². The highest BCUT2D eigenvalue weighted by Gasteiger charge is 2.64. The molecule has 0 aromatic rings. The number of carbonyl (C=O) groups excluding carboxylic acids is 1. The predicted molar refractivity (Wildman–Crippen MR) is 111 cm³/mol. The second-order valence-electron chi connectivity index (χ2n) is 10.5. The van der Waals surface area contributed by atoms with Gasteiger partial charge in [0.15, 0.2) is 0 Å². The molecule has 4 rings (SSSR count). The highest BCUT2D eigenvalue weighted by molar-refractivity contribution is 5.87. The molecule has 4 fully saturated rings. The molecule has 4 aliphatic rings. The van der Waals surface area contributed by atoms with Crippen molar-refractivity contribution in [1.82, 2.24) is 0 Å². The van der Waals surface area contributed by atoms with E-state index in [1.807, 2.05) is 0 Å². The number of aliphatic hydroxyl groups is 2. The topological polar surface area (TPSA) is 105 Å². The average Bonchev–Trinajstić information content (AvgIpc) is 3.01. The van der Waals surface area contributed by atoms with Crippen LogP contribution in [0.15, 0.2) is 5.16 Å². The molecule has 0 spiro atoms. The van der Waals surface area contributed by atoms with E-state index in [0.29, 0.717) is 31.3 Å². The molecule has 0 heterocycles. The first kappa shape index (κ1) is 21.3. The van der Waals surface area contributed by atoms with Gasteiger partial charge >= 0.3 is 0 Å². The third-order valence-corrected chi connectivity index (χ3v) is 9.34. The number of hydrogen-bond acceptors (Lipinski definition) is 6. The van der Waals surface area contributed by atoms with Crippen molar-refractivity contribution in [2.45, 2.75) is 71.3 Å². The van der Waals surface area contributed by atoms with Gasteiger partial charge in [-0.25, -0.2) is 0 Å². The lowest BCUT2D eigenvalue weighted by molar-refractivity contribution is -0.188. The Bertz CT molecular complexity index is 667. The Morgan fingerprint density at radius 2 is 1.97 bits per heavy atom. The fraction of sp³-hybridized carbons (Fsp3) is 0.913. The largest absolute Gasteiger partial charge is 0.396 e. The van der Waals surface area contributed by atoms with E-state index in [9.17, 15) is 15.0 Å². The number of hydrogen-bond donors (Lipinski definition) is 3. The summed E-state index contributed by atoms with van der Waals surface area (Å²) in [4.78, 5) is 18.1. The molecule has 0 aromatic carbocycles. The van der Waals surface area contributed by atoms with Gasteiger partial charge in [0.25, 0.3) is 0 Å². The molecule has 164 valence electrons. The zero-order chi connectivity index (χ0) is 20.8. The van der Waals surface area contributed by atoms with Gasteiger partial charge in [0.05, 0.1) is 11.8 Å². The van der Waals surface area contributed by atoms with E-state index in [1.54, 1.807) is 0 Å². The van der Waals surface area contributed by atoms with Gasteiger partial charge in [-0.05, 0) is 80.6 Å². The molecule has 6 heteroatoms. The van der Waals surface area contributed by atoms with E-state index < -0.39 is 6.10 Å². The number of rotatable bonds is 5. The number of fused-ring (bicyclic) bond motifs is 5. The molecule has 0 bridgehead atoms. The van der Waals surface area contributed by atoms with Crippen LogP contribution in [0.3, 0.4) is 0 Å². The van der Waals surface area contributed by atoms with Crippen molar-refractivity contribution in [2.24, 2.45) is 51.3 Å². The van der Waals surface area contributed by atoms with Crippen molar-refractivity contribution >= 4 is 11.5 Å². The van der Waals surface area contributed by atoms with Gasteiger partial charge in [0.2, 0.25) is 0 Å². The summed E-state index contributed by atoms with van der Waals surface area (Å²) in [5, 5.41) is 26.1. The van der Waals surface area contributed by atoms with E-state index in [4.69, 9.17) is 10.6 Å². The molecule has 0 aromatic heterocycles. The summed E-state index contributed by atoms with van der Waals surface area (Å²) < 4.78 is 0. The summed E-state index contributed by atoms with van der Waals surface area (Å²) in [7, 11) is 0. The van der Waals surface area contributed by atoms with E-state index in [2.05, 4.69) is 19.0 Å². The van der Waals surface area contributed by atoms with E-state index in [0.717, 1.165) is 50.7 Å². The lowest BCUT2D eigenvalue weighted by Gasteiger charge is -2.63. The summed E-state index contributed by atoms with van der Waals surface area (Å²) in [6, 6.07) is 0. The smallest absolute Gasteiger partial charge is 0.139 e. The summed E-state index contributed by atoms with van der Waals surface area (Å²) in [5.41, 5.74) is 6.36. The molecule has 4 N–H and O–H groups in total. The van der Waals surface area contributed by atoms with E-state index >= 15 is 0 Å². The monoisotopic (exact) mass is 406 g/mol. The number of nitrogens with zero attached hydrogens (tertiary/aromatic N) is 1. The average molecular weight is 407 g/mol. The molecule has 0 amide bonds. The minimum Gasteiger partial charge on any atom is -0.396 e. The Morgan fingerprint density at radius 1 is 1.17 bits per heavy atom. The molecule has 6 nitrogen and oxygen atoms in total. The van der Waals surface area contributed by atoms with Gasteiger partial charge in [-0.3, -0.25) is 4.79 Å². The van der Waals surface area contributed by atoms with Crippen LogP contribution in [0.1, 0.15) is 65.2 Å². The van der Waals surface area contributed by atoms with Crippen molar-refractivity contribution in [2.75, 3.05) is 19.8 Å². The minimum absolute atomic E-state index is 0.0106. The molecule has 3 unspecified atom stereocenters. The van der Waals surface area contributed by atoms with Crippen molar-refractivity contribution in [3.05, 3.63) is 0 Å². The molecule has 0 aliphatic heterocycles. The molecule has 29 heavy (non-hydrogen) atoms. The van der Waals surface area contributed by atoms with Gasteiger partial charge in [0.1, 0.15) is 12.4 Å². The van der Waals surface area contributed by atoms with Crippen LogP contribution in [0.5, 0.6) is 0 Å². The van der Waals surface area contributed by atoms with Gasteiger partial charge in [-0.15, -0.1) is 0 Å². The Kier molecular flexibility index (Phi) is 5.82. The second-order valence-corrected chi connectivity index (χ2v) is 10.5. The van der Waals surface area contributed by atoms with Crippen molar-refractivity contribution in [3.8, 4) is 0 Å². The first-order valence-corrected chi connectivity index (χ1v) is 11.6. The lowest BCUT2D eigenvalue weighted by Crippen LogP contribution is -2.62. The normalized spacial score (nSPS) is 48.2. The molecule has 4 saturated carbocycles. The van der Waals surface area contributed by atoms with Crippen molar-refractivity contribution < 1.29 is 19.8 Å². The summed E-state index contributed by atoms with van der Waals surface area (Å²) in [5.74, 6) is 1.22. The first-order chi connectivity index (χ1) is 13.9. The van der Waals surface area contributed by atoms with Crippen molar-refractivity contribution in [1.29, 1.82) is 0 Å². The highest BCUT2D eigenvalue weighted by atomic mass is 16.6. The molecule has 8 atom stereocenters. The summed E-state index contributed by atoms with van der Waals surface area (Å²) in [6.07, 6.45) is 6.45. The standard InChI is InChI=1S/C23H38N2O4/c1-22-8-6-14(25-29-11-3-10-24)12-18(22)15(13-26)21(28)20-16-4-5-19(27)23(16,2)9-7-17(20)22/h15-18,20-21,26,28H,3-13,24H2,1-2H3/t15?,16-,17+,18?,20-,21?,22+,23-/m0/s1. The maximum atomic E-state index is 12.6. The Hall–Kier alpha value is -0.980. The molecule has 0 radical (unpaired) electrons. The fourth-order valence-corrected chi connectivity index (χ4v) is 7.63. The maximum Gasteiger partial charge on any atom is 0.139 e. The predicted octanol–water partition coefficient (Wildman–Crippen LogP) is 2.51. The highest BCUT2D eigenvalue weighted by Crippen LogP contribution is 2.66. The quantitative estimate of drug-likeness (QED) is 0.481. The van der Waals surface area contributed by atoms with Crippen LogP contribution in [-0.4, -0.2) is 47.6 Å². The van der Waals surface area contributed by atoms with Gasteiger partial charge in [-0.2, -0.15) is 0 Å². The number of Topliss-reactive ketones (excluding diaryl/α,β-unsaturated/α-hetero) is 1. The Labute approximate surface area is 174 Å². The van der Waals surface area contributed by atoms with Crippen LogP contribution in [0.2, 0.25) is 0 Å².